The molecule has 1 N–H and O–H groups in total. The molecule has 0 amide bonds. The van der Waals surface area contributed by atoms with Crippen molar-refractivity contribution in [1.29, 1.82) is 0 Å². The van der Waals surface area contributed by atoms with Crippen LogP contribution in [-0.2, 0) is 0 Å². The van der Waals surface area contributed by atoms with Crippen molar-refractivity contribution < 1.29 is 0 Å². The number of aromatic nitrogens is 1. The summed E-state index contributed by atoms with van der Waals surface area (Å²) in [6.45, 7) is 3.44. The van der Waals surface area contributed by atoms with E-state index in [9.17, 15) is 0 Å². The molecule has 82 valence electrons. The van der Waals surface area contributed by atoms with Crippen LogP contribution in [0.25, 0.3) is 10.8 Å². The number of nitrogens with zero attached hydrogens (tertiary/aromatic N) is 1. The lowest BCUT2D eigenvalue weighted by atomic mass is 9.99. The first-order chi connectivity index (χ1) is 7.83. The third-order valence-corrected chi connectivity index (χ3v) is 3.42. The molecule has 16 heavy (non-hydrogen) atoms. The van der Waals surface area contributed by atoms with Gasteiger partial charge in [-0.25, -0.2) is 0 Å². The van der Waals surface area contributed by atoms with Gasteiger partial charge in [-0.05, 0) is 42.0 Å². The molecular weight excluding hydrogens is 196 g/mol. The van der Waals surface area contributed by atoms with Gasteiger partial charge in [0.25, 0.3) is 0 Å². The lowest BCUT2D eigenvalue weighted by Gasteiger charge is -2.11. The number of hydrogen-bond acceptors (Lipinski definition) is 2. The van der Waals surface area contributed by atoms with Gasteiger partial charge in [-0.15, -0.1) is 0 Å². The fourth-order valence-corrected chi connectivity index (χ4v) is 2.48. The summed E-state index contributed by atoms with van der Waals surface area (Å²) in [5.41, 5.74) is 1.41. The van der Waals surface area contributed by atoms with Crippen molar-refractivity contribution in [3.05, 3.63) is 42.2 Å². The molecule has 0 radical (unpaired) electrons. The molecule has 2 unspecified atom stereocenters. The average molecular weight is 212 g/mol. The molecule has 3 rings (SSSR count). The minimum Gasteiger partial charge on any atom is -0.310 e. The molecule has 2 atom stereocenters. The monoisotopic (exact) mass is 212 g/mol. The summed E-state index contributed by atoms with van der Waals surface area (Å²) in [5, 5.41) is 6.08. The van der Waals surface area contributed by atoms with Gasteiger partial charge in [0.15, 0.2) is 0 Å². The van der Waals surface area contributed by atoms with Gasteiger partial charge in [0.2, 0.25) is 0 Å². The highest BCUT2D eigenvalue weighted by Gasteiger charge is 2.21. The summed E-state index contributed by atoms with van der Waals surface area (Å²) < 4.78 is 0. The van der Waals surface area contributed by atoms with Crippen LogP contribution >= 0.6 is 0 Å². The Morgan fingerprint density at radius 2 is 2.19 bits per heavy atom. The fourth-order valence-electron chi connectivity index (χ4n) is 2.48. The van der Waals surface area contributed by atoms with E-state index in [0.29, 0.717) is 6.04 Å². The van der Waals surface area contributed by atoms with Crippen LogP contribution in [0.4, 0.5) is 0 Å². The first-order valence-electron chi connectivity index (χ1n) is 5.90. The molecule has 2 nitrogen and oxygen atoms in total. The predicted octanol–water partition coefficient (Wildman–Crippen LogP) is 2.91. The number of hydrogen-bond donors (Lipinski definition) is 1. The molecule has 1 aliphatic heterocycles. The van der Waals surface area contributed by atoms with E-state index in [4.69, 9.17) is 0 Å². The van der Waals surface area contributed by atoms with Crippen LogP contribution in [0.1, 0.15) is 24.9 Å². The van der Waals surface area contributed by atoms with Gasteiger partial charge in [-0.3, -0.25) is 4.98 Å². The van der Waals surface area contributed by atoms with Crippen molar-refractivity contribution in [2.45, 2.75) is 19.4 Å². The molecule has 2 heteroatoms. The molecule has 1 aromatic heterocycles. The second-order valence-corrected chi connectivity index (χ2v) is 4.78. The third kappa shape index (κ3) is 1.69. The quantitative estimate of drug-likeness (QED) is 0.786. The minimum absolute atomic E-state index is 0.535. The summed E-state index contributed by atoms with van der Waals surface area (Å²) in [6.07, 6.45) is 5.03. The molecule has 1 saturated heterocycles. The van der Waals surface area contributed by atoms with Gasteiger partial charge in [0, 0.05) is 23.8 Å². The Morgan fingerprint density at radius 1 is 1.25 bits per heavy atom. The molecule has 0 saturated carbocycles. The maximum atomic E-state index is 4.14. The van der Waals surface area contributed by atoms with E-state index in [-0.39, 0.29) is 0 Å². The lowest BCUT2D eigenvalue weighted by Crippen LogP contribution is -2.13. The van der Waals surface area contributed by atoms with Crippen molar-refractivity contribution in [3.8, 4) is 0 Å². The largest absolute Gasteiger partial charge is 0.310 e. The first kappa shape index (κ1) is 9.79. The van der Waals surface area contributed by atoms with E-state index in [1.165, 1.54) is 22.8 Å². The van der Waals surface area contributed by atoms with Crippen LogP contribution < -0.4 is 5.32 Å². The molecule has 2 aromatic rings. The first-order valence-corrected chi connectivity index (χ1v) is 5.90. The van der Waals surface area contributed by atoms with Gasteiger partial charge in [0.05, 0.1) is 0 Å². The van der Waals surface area contributed by atoms with Crippen LogP contribution in [0.15, 0.2) is 36.7 Å². The van der Waals surface area contributed by atoms with Crippen molar-refractivity contribution in [2.75, 3.05) is 6.54 Å². The van der Waals surface area contributed by atoms with E-state index in [2.05, 4.69) is 41.5 Å². The molecule has 0 aliphatic carbocycles. The Hall–Kier alpha value is -1.41. The topological polar surface area (TPSA) is 24.9 Å². The highest BCUT2D eigenvalue weighted by molar-refractivity contribution is 5.82. The van der Waals surface area contributed by atoms with E-state index >= 15 is 0 Å². The van der Waals surface area contributed by atoms with Crippen molar-refractivity contribution in [3.63, 3.8) is 0 Å². The van der Waals surface area contributed by atoms with Crippen LogP contribution in [0, 0.1) is 5.92 Å². The summed E-state index contributed by atoms with van der Waals surface area (Å²) in [7, 11) is 0. The standard InChI is InChI=1S/C14H16N2/c1-10-6-14(16-8-10)12-2-3-13-9-15-5-4-11(13)7-12/h2-5,7,9-10,14,16H,6,8H2,1H3. The number of rotatable bonds is 1. The maximum Gasteiger partial charge on any atom is 0.0346 e. The normalized spacial score (nSPS) is 25.1. The zero-order valence-electron chi connectivity index (χ0n) is 9.48. The summed E-state index contributed by atoms with van der Waals surface area (Å²) in [4.78, 5) is 4.14. The van der Waals surface area contributed by atoms with Gasteiger partial charge in [-0.1, -0.05) is 19.1 Å². The summed E-state index contributed by atoms with van der Waals surface area (Å²) in [5.74, 6) is 0.790. The molecule has 0 spiro atoms. The Balaban J connectivity index is 1.99. The second kappa shape index (κ2) is 3.87. The minimum atomic E-state index is 0.535. The van der Waals surface area contributed by atoms with E-state index in [1.54, 1.807) is 0 Å². The Labute approximate surface area is 95.7 Å². The van der Waals surface area contributed by atoms with Crippen molar-refractivity contribution in [2.24, 2.45) is 5.92 Å². The molecule has 1 fully saturated rings. The molecule has 1 aliphatic rings. The molecular formula is C14H16N2. The SMILES string of the molecule is CC1CNC(c2ccc3cnccc3c2)C1. The zero-order valence-corrected chi connectivity index (χ0v) is 9.48. The summed E-state index contributed by atoms with van der Waals surface area (Å²) in [6, 6.07) is 9.29. The van der Waals surface area contributed by atoms with Gasteiger partial charge in [-0.2, -0.15) is 0 Å². The Bertz CT molecular complexity index is 507. The molecule has 1 aromatic carbocycles. The van der Waals surface area contributed by atoms with Crippen LogP contribution in [-0.4, -0.2) is 11.5 Å². The lowest BCUT2D eigenvalue weighted by molar-refractivity contribution is 0.612. The number of fused-ring (bicyclic) bond motifs is 1. The smallest absolute Gasteiger partial charge is 0.0346 e. The maximum absolute atomic E-state index is 4.14. The van der Waals surface area contributed by atoms with E-state index < -0.39 is 0 Å². The van der Waals surface area contributed by atoms with Crippen molar-refractivity contribution in [1.82, 2.24) is 10.3 Å². The Morgan fingerprint density at radius 3 is 3.00 bits per heavy atom. The van der Waals surface area contributed by atoms with Crippen molar-refractivity contribution >= 4 is 10.8 Å². The second-order valence-electron chi connectivity index (χ2n) is 4.78. The van der Waals surface area contributed by atoms with E-state index in [1.807, 2.05) is 12.4 Å². The van der Waals surface area contributed by atoms with E-state index in [0.717, 1.165) is 12.5 Å². The Kier molecular flexibility index (Phi) is 2.37. The van der Waals surface area contributed by atoms with Crippen LogP contribution in [0.3, 0.4) is 0 Å². The third-order valence-electron chi connectivity index (χ3n) is 3.42. The fraction of sp³-hybridized carbons (Fsp3) is 0.357. The van der Waals surface area contributed by atoms with Gasteiger partial charge in [0.1, 0.15) is 0 Å². The highest BCUT2D eigenvalue weighted by atomic mass is 14.9. The van der Waals surface area contributed by atoms with Gasteiger partial charge < -0.3 is 5.32 Å². The van der Waals surface area contributed by atoms with Gasteiger partial charge >= 0.3 is 0 Å². The highest BCUT2D eigenvalue weighted by Crippen LogP contribution is 2.28. The zero-order chi connectivity index (χ0) is 11.0. The number of nitrogens with one attached hydrogen (secondary N) is 1. The number of pyridine rings is 1. The van der Waals surface area contributed by atoms with Crippen LogP contribution in [0.2, 0.25) is 0 Å². The molecule has 2 heterocycles. The molecule has 0 bridgehead atoms. The summed E-state index contributed by atoms with van der Waals surface area (Å²) >= 11 is 0. The predicted molar refractivity (Wildman–Crippen MR) is 66.3 cm³/mol. The number of benzene rings is 1. The van der Waals surface area contributed by atoms with Crippen LogP contribution in [0.5, 0.6) is 0 Å². The average Bonchev–Trinajstić information content (AvgIpc) is 2.75.